The molecular weight excluding hydrogens is 450 g/mol. The van der Waals surface area contributed by atoms with Gasteiger partial charge in [0.25, 0.3) is 0 Å². The maximum Gasteiger partial charge on any atom is 0.336 e. The van der Waals surface area contributed by atoms with Crippen LogP contribution in [-0.4, -0.2) is 84.8 Å². The number of aliphatic hydroxyl groups excluding tert-OH is 1. The second-order valence-electron chi connectivity index (χ2n) is 10.1. The molecule has 0 bridgehead atoms. The number of cyclic esters (lactones) is 1. The van der Waals surface area contributed by atoms with Gasteiger partial charge in [-0.1, -0.05) is 6.07 Å². The number of tetrazole rings is 1. The Kier molecular flexibility index (Phi) is 5.41. The molecule has 11 heteroatoms. The number of aromatic nitrogens is 5. The number of pyridine rings is 1. The Balaban J connectivity index is 1.09. The lowest BCUT2D eigenvalue weighted by molar-refractivity contribution is -0.138. The van der Waals surface area contributed by atoms with E-state index in [0.717, 1.165) is 67.7 Å². The van der Waals surface area contributed by atoms with E-state index in [2.05, 4.69) is 25.4 Å². The van der Waals surface area contributed by atoms with Gasteiger partial charge in [-0.15, -0.1) is 5.10 Å². The molecule has 1 spiro atoms. The number of aliphatic hydroxyl groups is 1. The highest BCUT2D eigenvalue weighted by atomic mass is 16.5. The first-order valence-electron chi connectivity index (χ1n) is 12.3. The van der Waals surface area contributed by atoms with Crippen molar-refractivity contribution in [2.24, 2.45) is 11.3 Å². The van der Waals surface area contributed by atoms with Crippen LogP contribution in [0.3, 0.4) is 0 Å². The molecular formula is C24H29N7O4. The van der Waals surface area contributed by atoms with Gasteiger partial charge in [0.2, 0.25) is 5.91 Å². The quantitative estimate of drug-likeness (QED) is 0.602. The summed E-state index contributed by atoms with van der Waals surface area (Å²) in [6, 6.07) is 3.66. The number of aryl methyl sites for hydroxylation is 1. The fraction of sp³-hybridized carbons (Fsp3) is 0.583. The van der Waals surface area contributed by atoms with Crippen LogP contribution in [0.4, 0.5) is 0 Å². The summed E-state index contributed by atoms with van der Waals surface area (Å²) in [5, 5.41) is 22.0. The Morgan fingerprint density at radius 3 is 2.63 bits per heavy atom. The fourth-order valence-corrected chi connectivity index (χ4v) is 5.76. The van der Waals surface area contributed by atoms with Gasteiger partial charge in [-0.2, -0.15) is 4.68 Å². The highest BCUT2D eigenvalue weighted by Crippen LogP contribution is 2.47. The van der Waals surface area contributed by atoms with Crippen LogP contribution in [0.5, 0.6) is 0 Å². The Morgan fingerprint density at radius 2 is 1.94 bits per heavy atom. The van der Waals surface area contributed by atoms with Crippen molar-refractivity contribution < 1.29 is 19.4 Å². The third-order valence-corrected chi connectivity index (χ3v) is 7.99. The monoisotopic (exact) mass is 479 g/mol. The van der Waals surface area contributed by atoms with Gasteiger partial charge >= 0.3 is 5.97 Å². The molecule has 2 saturated heterocycles. The molecule has 1 amide bonds. The lowest BCUT2D eigenvalue weighted by Crippen LogP contribution is -2.45. The smallest absolute Gasteiger partial charge is 0.336 e. The van der Waals surface area contributed by atoms with Crippen LogP contribution in [0.1, 0.15) is 49.5 Å². The number of carbonyl (C=O) groups excluding carboxylic acids is 2. The van der Waals surface area contributed by atoms with E-state index < -0.39 is 6.10 Å². The Bertz CT molecular complexity index is 1180. The first-order valence-corrected chi connectivity index (χ1v) is 12.3. The molecule has 0 radical (unpaired) electrons. The second-order valence-corrected chi connectivity index (χ2v) is 10.1. The van der Waals surface area contributed by atoms with Gasteiger partial charge in [0.15, 0.2) is 5.82 Å². The molecule has 5 heterocycles. The van der Waals surface area contributed by atoms with E-state index in [1.54, 1.807) is 6.07 Å². The van der Waals surface area contributed by atoms with Crippen LogP contribution in [0.15, 0.2) is 29.7 Å². The third kappa shape index (κ3) is 3.92. The highest BCUT2D eigenvalue weighted by Gasteiger charge is 2.51. The molecule has 3 aliphatic heterocycles. The van der Waals surface area contributed by atoms with E-state index in [1.807, 2.05) is 17.9 Å². The largest absolute Gasteiger partial charge is 0.456 e. The summed E-state index contributed by atoms with van der Waals surface area (Å²) in [5.41, 5.74) is 2.68. The zero-order valence-corrected chi connectivity index (χ0v) is 19.8. The van der Waals surface area contributed by atoms with Crippen LogP contribution in [0, 0.1) is 18.3 Å². The molecule has 11 nitrogen and oxygen atoms in total. The number of rotatable bonds is 6. The summed E-state index contributed by atoms with van der Waals surface area (Å²) in [4.78, 5) is 34.3. The Hall–Kier alpha value is -3.18. The minimum absolute atomic E-state index is 0.141. The summed E-state index contributed by atoms with van der Waals surface area (Å²) in [6.07, 6.45) is 5.13. The van der Waals surface area contributed by atoms with Crippen LogP contribution in [0.2, 0.25) is 0 Å². The Morgan fingerprint density at radius 1 is 1.17 bits per heavy atom. The van der Waals surface area contributed by atoms with Crippen LogP contribution >= 0.6 is 0 Å². The number of carbonyl (C=O) groups is 2. The maximum absolute atomic E-state index is 13.5. The molecule has 1 N–H and O–H groups in total. The lowest BCUT2D eigenvalue weighted by atomic mass is 9.77. The molecule has 1 atom stereocenters. The van der Waals surface area contributed by atoms with Crippen molar-refractivity contribution in [3.63, 3.8) is 0 Å². The first-order chi connectivity index (χ1) is 16.9. The maximum atomic E-state index is 13.5. The average molecular weight is 480 g/mol. The third-order valence-electron chi connectivity index (χ3n) is 7.99. The number of likely N-dealkylation sites (tertiary alicyclic amines) is 2. The number of β-amino-alcohol motifs (C(OH)–C–C–N with tert-alkyl or cyclic N) is 1. The van der Waals surface area contributed by atoms with E-state index in [1.165, 1.54) is 11.0 Å². The minimum atomic E-state index is -0.678. The van der Waals surface area contributed by atoms with Gasteiger partial charge in [-0.25, -0.2) is 9.78 Å². The van der Waals surface area contributed by atoms with Crippen LogP contribution < -0.4 is 0 Å². The molecule has 35 heavy (non-hydrogen) atoms. The fourth-order valence-electron chi connectivity index (χ4n) is 5.76. The van der Waals surface area contributed by atoms with Crippen molar-refractivity contribution in [1.29, 1.82) is 0 Å². The molecule has 184 valence electrons. The standard InChI is InChI=1S/C24H29N7O4/c1-15-17(4-5-20(26-15)31-14-25-27-28-31)19(32)12-29-9-6-24(7-10-29)8-11-30(23(24)34)18-13-35-22(33)21(18)16-2-3-16/h4-5,14,16,19,32H,2-3,6-13H2,1H3/t19-/m0/s1. The molecule has 4 aliphatic rings. The molecule has 6 rings (SSSR count). The molecule has 0 unspecified atom stereocenters. The zero-order chi connectivity index (χ0) is 24.2. The first kappa shape index (κ1) is 22.3. The van der Waals surface area contributed by atoms with E-state index in [-0.39, 0.29) is 29.8 Å². The van der Waals surface area contributed by atoms with Crippen LogP contribution in [-0.2, 0) is 14.3 Å². The topological polar surface area (TPSA) is 127 Å². The number of hydrogen-bond acceptors (Lipinski definition) is 9. The summed E-state index contributed by atoms with van der Waals surface area (Å²) in [7, 11) is 0. The Labute approximate surface area is 202 Å². The molecule has 2 aromatic heterocycles. The van der Waals surface area contributed by atoms with Gasteiger partial charge in [0.05, 0.1) is 22.8 Å². The van der Waals surface area contributed by atoms with Crippen molar-refractivity contribution in [2.75, 3.05) is 32.8 Å². The summed E-state index contributed by atoms with van der Waals surface area (Å²) >= 11 is 0. The van der Waals surface area contributed by atoms with Gasteiger partial charge in [0.1, 0.15) is 12.9 Å². The van der Waals surface area contributed by atoms with Crippen molar-refractivity contribution in [3.8, 4) is 5.82 Å². The second kappa shape index (κ2) is 8.49. The van der Waals surface area contributed by atoms with Gasteiger partial charge in [-0.05, 0) is 74.5 Å². The van der Waals surface area contributed by atoms with Gasteiger partial charge < -0.3 is 19.6 Å². The summed E-state index contributed by atoms with van der Waals surface area (Å²) < 4.78 is 6.78. The zero-order valence-electron chi connectivity index (χ0n) is 19.8. The van der Waals surface area contributed by atoms with E-state index in [9.17, 15) is 14.7 Å². The van der Waals surface area contributed by atoms with Crippen LogP contribution in [0.25, 0.3) is 5.82 Å². The average Bonchev–Trinajstić information content (AvgIpc) is 3.24. The predicted molar refractivity (Wildman–Crippen MR) is 122 cm³/mol. The van der Waals surface area contributed by atoms with E-state index in [0.29, 0.717) is 18.9 Å². The molecule has 1 aliphatic carbocycles. The number of amides is 1. The number of nitrogens with zero attached hydrogens (tertiary/aromatic N) is 7. The summed E-state index contributed by atoms with van der Waals surface area (Å²) in [6.45, 7) is 4.73. The predicted octanol–water partition coefficient (Wildman–Crippen LogP) is 0.935. The molecule has 1 saturated carbocycles. The van der Waals surface area contributed by atoms with E-state index in [4.69, 9.17) is 4.74 Å². The lowest BCUT2D eigenvalue weighted by Gasteiger charge is -2.38. The number of esters is 1. The minimum Gasteiger partial charge on any atom is -0.456 e. The molecule has 2 aromatic rings. The number of piperidine rings is 1. The summed E-state index contributed by atoms with van der Waals surface area (Å²) in [5.74, 6) is 0.771. The molecule has 0 aromatic carbocycles. The SMILES string of the molecule is Cc1nc(-n2cnnn2)ccc1[C@@H](O)CN1CCC2(CC1)CCN(C1=C(C3CC3)C(=O)OC1)C2=O. The molecule has 3 fully saturated rings. The van der Waals surface area contributed by atoms with Gasteiger partial charge in [-0.3, -0.25) is 4.79 Å². The van der Waals surface area contributed by atoms with Crippen molar-refractivity contribution in [1.82, 2.24) is 35.0 Å². The van der Waals surface area contributed by atoms with E-state index >= 15 is 0 Å². The normalized spacial score (nSPS) is 23.4. The van der Waals surface area contributed by atoms with Crippen molar-refractivity contribution >= 4 is 11.9 Å². The number of ether oxygens (including phenoxy) is 1. The number of hydrogen-bond donors (Lipinski definition) is 1. The van der Waals surface area contributed by atoms with Crippen molar-refractivity contribution in [2.45, 2.75) is 45.1 Å². The van der Waals surface area contributed by atoms with Gasteiger partial charge in [0, 0.05) is 24.3 Å². The van der Waals surface area contributed by atoms with Crippen molar-refractivity contribution in [3.05, 3.63) is 41.0 Å². The highest BCUT2D eigenvalue weighted by molar-refractivity contribution is 5.95.